The average molecular weight is 262 g/mol. The Morgan fingerprint density at radius 1 is 1.42 bits per heavy atom. The molecule has 1 heterocycles. The van der Waals surface area contributed by atoms with Gasteiger partial charge < -0.3 is 11.1 Å². The summed E-state index contributed by atoms with van der Waals surface area (Å²) in [5.74, 6) is 1.60. The minimum absolute atomic E-state index is 0.127. The Balaban J connectivity index is 1.71. The maximum absolute atomic E-state index is 12.3. The van der Waals surface area contributed by atoms with Crippen molar-refractivity contribution in [2.75, 3.05) is 5.73 Å². The van der Waals surface area contributed by atoms with Gasteiger partial charge in [-0.05, 0) is 37.0 Å². The Hall–Kier alpha value is -1.52. The molecule has 2 saturated carbocycles. The number of carbonyl (C=O) groups excluding carboxylic acids is 1. The van der Waals surface area contributed by atoms with Crippen LogP contribution in [-0.2, 0) is 0 Å². The fourth-order valence-corrected chi connectivity index (χ4v) is 3.64. The molecule has 104 valence electrons. The molecule has 5 heteroatoms. The van der Waals surface area contributed by atoms with Crippen LogP contribution >= 0.6 is 0 Å². The van der Waals surface area contributed by atoms with E-state index in [1.54, 1.807) is 0 Å². The molecule has 3 atom stereocenters. The third kappa shape index (κ3) is 2.11. The number of nitrogens with two attached hydrogens (primary N) is 1. The fourth-order valence-electron chi connectivity index (χ4n) is 3.64. The molecule has 2 aliphatic carbocycles. The van der Waals surface area contributed by atoms with Gasteiger partial charge in [-0.15, -0.1) is 0 Å². The van der Waals surface area contributed by atoms with E-state index in [0.29, 0.717) is 23.3 Å². The summed E-state index contributed by atoms with van der Waals surface area (Å²) in [6.07, 6.45) is 4.98. The van der Waals surface area contributed by atoms with E-state index in [2.05, 4.69) is 15.5 Å². The maximum atomic E-state index is 12.3. The molecule has 0 aromatic carbocycles. The van der Waals surface area contributed by atoms with Gasteiger partial charge in [0.2, 0.25) is 0 Å². The van der Waals surface area contributed by atoms with Crippen molar-refractivity contribution in [2.24, 2.45) is 11.8 Å². The van der Waals surface area contributed by atoms with E-state index in [9.17, 15) is 4.79 Å². The molecule has 2 fully saturated rings. The number of carbonyl (C=O) groups is 1. The lowest BCUT2D eigenvalue weighted by molar-refractivity contribution is 0.0918. The first-order chi connectivity index (χ1) is 9.06. The van der Waals surface area contributed by atoms with Crippen LogP contribution in [0.1, 0.15) is 61.6 Å². The topological polar surface area (TPSA) is 83.8 Å². The summed E-state index contributed by atoms with van der Waals surface area (Å²) in [5.41, 5.74) is 7.70. The van der Waals surface area contributed by atoms with Crippen molar-refractivity contribution in [1.82, 2.24) is 15.5 Å². The Labute approximate surface area is 113 Å². The van der Waals surface area contributed by atoms with Crippen molar-refractivity contribution >= 4 is 11.6 Å². The molecule has 3 rings (SSSR count). The molecule has 2 aliphatic rings. The predicted molar refractivity (Wildman–Crippen MR) is 73.8 cm³/mol. The molecule has 1 amide bonds. The smallest absolute Gasteiger partial charge is 0.274 e. The lowest BCUT2D eigenvalue weighted by Crippen LogP contribution is -2.38. The summed E-state index contributed by atoms with van der Waals surface area (Å²) in [7, 11) is 0. The Kier molecular flexibility index (Phi) is 2.99. The van der Waals surface area contributed by atoms with Crippen molar-refractivity contribution in [3.8, 4) is 0 Å². The zero-order chi connectivity index (χ0) is 13.6. The fraction of sp³-hybridized carbons (Fsp3) is 0.714. The van der Waals surface area contributed by atoms with Gasteiger partial charge in [0.1, 0.15) is 0 Å². The van der Waals surface area contributed by atoms with Crippen LogP contribution in [0.4, 0.5) is 5.69 Å². The number of aromatic nitrogens is 2. The van der Waals surface area contributed by atoms with Gasteiger partial charge in [0.25, 0.3) is 5.91 Å². The van der Waals surface area contributed by atoms with Crippen LogP contribution in [0.2, 0.25) is 0 Å². The van der Waals surface area contributed by atoms with Crippen LogP contribution in [-0.4, -0.2) is 22.1 Å². The number of hydrogen-bond acceptors (Lipinski definition) is 3. The number of aromatic amines is 1. The van der Waals surface area contributed by atoms with Gasteiger partial charge in [0.15, 0.2) is 5.69 Å². The van der Waals surface area contributed by atoms with E-state index < -0.39 is 0 Å². The summed E-state index contributed by atoms with van der Waals surface area (Å²) < 4.78 is 0. The van der Waals surface area contributed by atoms with Crippen LogP contribution in [0.15, 0.2) is 0 Å². The second-order valence-corrected chi connectivity index (χ2v) is 6.31. The predicted octanol–water partition coefficient (Wildman–Crippen LogP) is 2.03. The number of H-pyrrole nitrogens is 1. The number of amides is 1. The molecule has 2 bridgehead atoms. The summed E-state index contributed by atoms with van der Waals surface area (Å²) in [5, 5.41) is 10.1. The Morgan fingerprint density at radius 2 is 2.21 bits per heavy atom. The van der Waals surface area contributed by atoms with E-state index in [1.807, 2.05) is 13.8 Å². The zero-order valence-electron chi connectivity index (χ0n) is 11.6. The lowest BCUT2D eigenvalue weighted by Gasteiger charge is -2.22. The summed E-state index contributed by atoms with van der Waals surface area (Å²) in [4.78, 5) is 12.3. The minimum Gasteiger partial charge on any atom is -0.395 e. The summed E-state index contributed by atoms with van der Waals surface area (Å²) in [6, 6.07) is 0.324. The quantitative estimate of drug-likeness (QED) is 0.779. The van der Waals surface area contributed by atoms with Gasteiger partial charge in [-0.1, -0.05) is 20.3 Å². The Bertz CT molecular complexity index is 494. The highest BCUT2D eigenvalue weighted by Crippen LogP contribution is 2.44. The highest BCUT2D eigenvalue weighted by atomic mass is 16.2. The van der Waals surface area contributed by atoms with Gasteiger partial charge in [-0.2, -0.15) is 5.10 Å². The van der Waals surface area contributed by atoms with Crippen LogP contribution in [0, 0.1) is 11.8 Å². The largest absolute Gasteiger partial charge is 0.395 e. The first-order valence-electron chi connectivity index (χ1n) is 7.20. The van der Waals surface area contributed by atoms with Crippen LogP contribution in [0.25, 0.3) is 0 Å². The van der Waals surface area contributed by atoms with Gasteiger partial charge in [-0.25, -0.2) is 0 Å². The number of rotatable bonds is 3. The van der Waals surface area contributed by atoms with Crippen LogP contribution < -0.4 is 11.1 Å². The SMILES string of the molecule is CC(C)c1[nH]nc(C(=O)NC2CC3CCC2C3)c1N. The lowest BCUT2D eigenvalue weighted by atomic mass is 9.95. The third-order valence-electron chi connectivity index (χ3n) is 4.68. The molecular weight excluding hydrogens is 240 g/mol. The highest BCUT2D eigenvalue weighted by molar-refractivity contribution is 5.97. The van der Waals surface area contributed by atoms with Gasteiger partial charge in [0.05, 0.1) is 11.4 Å². The van der Waals surface area contributed by atoms with Crippen molar-refractivity contribution in [3.63, 3.8) is 0 Å². The standard InChI is InChI=1S/C14H22N4O/c1-7(2)12-11(15)13(18-17-12)14(19)16-10-6-8-3-4-9(10)5-8/h7-10H,3-6,15H2,1-2H3,(H,16,19)(H,17,18). The van der Waals surface area contributed by atoms with Crippen molar-refractivity contribution in [1.29, 1.82) is 0 Å². The second-order valence-electron chi connectivity index (χ2n) is 6.31. The molecule has 0 aliphatic heterocycles. The first-order valence-corrected chi connectivity index (χ1v) is 7.20. The van der Waals surface area contributed by atoms with Crippen molar-refractivity contribution in [3.05, 3.63) is 11.4 Å². The second kappa shape index (κ2) is 4.54. The molecule has 4 N–H and O–H groups in total. The monoisotopic (exact) mass is 262 g/mol. The molecule has 1 aromatic rings. The number of nitrogens with zero attached hydrogens (tertiary/aromatic N) is 1. The zero-order valence-corrected chi connectivity index (χ0v) is 11.6. The van der Waals surface area contributed by atoms with E-state index in [4.69, 9.17) is 5.73 Å². The van der Waals surface area contributed by atoms with Crippen LogP contribution in [0.5, 0.6) is 0 Å². The summed E-state index contributed by atoms with van der Waals surface area (Å²) in [6.45, 7) is 4.06. The molecule has 1 aromatic heterocycles. The molecule has 0 saturated heterocycles. The number of hydrogen-bond donors (Lipinski definition) is 3. The highest BCUT2D eigenvalue weighted by Gasteiger charge is 2.40. The Morgan fingerprint density at radius 3 is 2.74 bits per heavy atom. The number of nitrogens with one attached hydrogen (secondary N) is 2. The van der Waals surface area contributed by atoms with Gasteiger partial charge in [0, 0.05) is 6.04 Å². The van der Waals surface area contributed by atoms with E-state index in [-0.39, 0.29) is 11.8 Å². The number of anilines is 1. The van der Waals surface area contributed by atoms with E-state index in [0.717, 1.165) is 18.0 Å². The maximum Gasteiger partial charge on any atom is 0.274 e. The van der Waals surface area contributed by atoms with Crippen molar-refractivity contribution < 1.29 is 4.79 Å². The van der Waals surface area contributed by atoms with E-state index >= 15 is 0 Å². The average Bonchev–Trinajstić information content (AvgIpc) is 3.02. The molecule has 0 radical (unpaired) electrons. The molecule has 5 nitrogen and oxygen atoms in total. The van der Waals surface area contributed by atoms with Gasteiger partial charge in [-0.3, -0.25) is 9.89 Å². The van der Waals surface area contributed by atoms with Crippen molar-refractivity contribution in [2.45, 2.75) is 51.5 Å². The minimum atomic E-state index is -0.127. The summed E-state index contributed by atoms with van der Waals surface area (Å²) >= 11 is 0. The number of fused-ring (bicyclic) bond motifs is 2. The van der Waals surface area contributed by atoms with Gasteiger partial charge >= 0.3 is 0 Å². The first kappa shape index (κ1) is 12.5. The van der Waals surface area contributed by atoms with Crippen LogP contribution in [0.3, 0.4) is 0 Å². The third-order valence-corrected chi connectivity index (χ3v) is 4.68. The molecular formula is C14H22N4O. The molecule has 3 unspecified atom stereocenters. The van der Waals surface area contributed by atoms with E-state index in [1.165, 1.54) is 19.3 Å². The molecule has 19 heavy (non-hydrogen) atoms. The normalized spacial score (nSPS) is 29.1. The molecule has 0 spiro atoms. The number of nitrogen functional groups attached to an aromatic ring is 1.